The Morgan fingerprint density at radius 1 is 1.39 bits per heavy atom. The van der Waals surface area contributed by atoms with Crippen LogP contribution in [0.15, 0.2) is 24.3 Å². The molecule has 0 fully saturated rings. The Kier molecular flexibility index (Phi) is 4.91. The van der Waals surface area contributed by atoms with Crippen molar-refractivity contribution >= 4 is 22.4 Å². The SMILES string of the molecule is C#Cc1c(C)nsc1NC(=O)Cc1ccc(OC(F)(F)F)cc1. The summed E-state index contributed by atoms with van der Waals surface area (Å²) in [6, 6.07) is 5.08. The van der Waals surface area contributed by atoms with Crippen molar-refractivity contribution in [3.63, 3.8) is 0 Å². The molecule has 120 valence electrons. The van der Waals surface area contributed by atoms with Crippen LogP contribution in [0.3, 0.4) is 0 Å². The lowest BCUT2D eigenvalue weighted by atomic mass is 10.1. The van der Waals surface area contributed by atoms with E-state index >= 15 is 0 Å². The molecule has 0 aliphatic carbocycles. The molecule has 0 atom stereocenters. The first-order valence-corrected chi connectivity index (χ1v) is 7.13. The molecule has 1 heterocycles. The first kappa shape index (κ1) is 16.8. The van der Waals surface area contributed by atoms with Gasteiger partial charge in [-0.2, -0.15) is 4.37 Å². The molecule has 2 rings (SSSR count). The summed E-state index contributed by atoms with van der Waals surface area (Å²) in [5, 5.41) is 3.13. The highest BCUT2D eigenvalue weighted by atomic mass is 32.1. The Bertz CT molecular complexity index is 746. The highest BCUT2D eigenvalue weighted by molar-refractivity contribution is 7.10. The first-order valence-electron chi connectivity index (χ1n) is 6.36. The van der Waals surface area contributed by atoms with Gasteiger partial charge < -0.3 is 10.1 Å². The molecule has 23 heavy (non-hydrogen) atoms. The maximum atomic E-state index is 12.1. The Hall–Kier alpha value is -2.53. The van der Waals surface area contributed by atoms with Crippen molar-refractivity contribution in [2.24, 2.45) is 0 Å². The number of anilines is 1. The van der Waals surface area contributed by atoms with Crippen LogP contribution in [0.4, 0.5) is 18.2 Å². The number of nitrogens with zero attached hydrogens (tertiary/aromatic N) is 1. The van der Waals surface area contributed by atoms with Crippen molar-refractivity contribution < 1.29 is 22.7 Å². The minimum atomic E-state index is -4.74. The number of carbonyl (C=O) groups is 1. The van der Waals surface area contributed by atoms with E-state index in [4.69, 9.17) is 6.42 Å². The van der Waals surface area contributed by atoms with Gasteiger partial charge in [-0.05, 0) is 36.2 Å². The number of halogens is 3. The molecule has 0 spiro atoms. The van der Waals surface area contributed by atoms with Gasteiger partial charge >= 0.3 is 6.36 Å². The molecule has 0 aliphatic rings. The van der Waals surface area contributed by atoms with Crippen molar-refractivity contribution in [3.8, 4) is 18.1 Å². The molecule has 0 radical (unpaired) electrons. The zero-order valence-corrected chi connectivity index (χ0v) is 12.7. The third kappa shape index (κ3) is 4.72. The molecule has 0 unspecified atom stereocenters. The van der Waals surface area contributed by atoms with Gasteiger partial charge in [-0.3, -0.25) is 4.79 Å². The van der Waals surface area contributed by atoms with Crippen LogP contribution in [0, 0.1) is 19.3 Å². The number of benzene rings is 1. The van der Waals surface area contributed by atoms with Crippen LogP contribution in [0.2, 0.25) is 0 Å². The van der Waals surface area contributed by atoms with Crippen molar-refractivity contribution in [2.75, 3.05) is 5.32 Å². The van der Waals surface area contributed by atoms with Gasteiger partial charge in [-0.15, -0.1) is 19.6 Å². The van der Waals surface area contributed by atoms with Crippen molar-refractivity contribution in [2.45, 2.75) is 19.7 Å². The second kappa shape index (κ2) is 6.71. The number of carbonyl (C=O) groups excluding carboxylic acids is 1. The van der Waals surface area contributed by atoms with Crippen molar-refractivity contribution in [1.82, 2.24) is 4.37 Å². The average Bonchev–Trinajstić information content (AvgIpc) is 2.79. The Morgan fingerprint density at radius 2 is 2.04 bits per heavy atom. The van der Waals surface area contributed by atoms with Crippen molar-refractivity contribution in [1.29, 1.82) is 0 Å². The van der Waals surface area contributed by atoms with E-state index in [1.165, 1.54) is 12.1 Å². The molecule has 0 aliphatic heterocycles. The van der Waals surface area contributed by atoms with E-state index in [9.17, 15) is 18.0 Å². The molecule has 1 aromatic carbocycles. The molecule has 8 heteroatoms. The van der Waals surface area contributed by atoms with E-state index < -0.39 is 6.36 Å². The van der Waals surface area contributed by atoms with E-state index in [2.05, 4.69) is 20.3 Å². The standard InChI is InChI=1S/C15H11F3N2O2S/c1-3-12-9(2)20-23-14(12)19-13(21)8-10-4-6-11(7-5-10)22-15(16,17)18/h1,4-7H,8H2,2H3,(H,19,21). The van der Waals surface area contributed by atoms with E-state index in [0.717, 1.165) is 23.7 Å². The van der Waals surface area contributed by atoms with E-state index in [-0.39, 0.29) is 18.1 Å². The Morgan fingerprint density at radius 3 is 2.61 bits per heavy atom. The Labute approximate surface area is 134 Å². The van der Waals surface area contributed by atoms with Gasteiger partial charge in [0.25, 0.3) is 0 Å². The average molecular weight is 340 g/mol. The van der Waals surface area contributed by atoms with Gasteiger partial charge in [0, 0.05) is 0 Å². The molecular formula is C15H11F3N2O2S. The summed E-state index contributed by atoms with van der Waals surface area (Å²) in [5.74, 6) is 1.78. The second-order valence-electron chi connectivity index (χ2n) is 4.53. The summed E-state index contributed by atoms with van der Waals surface area (Å²) in [5.41, 5.74) is 1.72. The number of alkyl halides is 3. The van der Waals surface area contributed by atoms with Crippen LogP contribution in [0.1, 0.15) is 16.8 Å². The summed E-state index contributed by atoms with van der Waals surface area (Å²) in [6.45, 7) is 1.74. The fraction of sp³-hybridized carbons (Fsp3) is 0.200. The summed E-state index contributed by atoms with van der Waals surface area (Å²) in [6.07, 6.45) is 0.603. The Balaban J connectivity index is 1.99. The molecule has 4 nitrogen and oxygen atoms in total. The largest absolute Gasteiger partial charge is 0.573 e. The van der Waals surface area contributed by atoms with Crippen molar-refractivity contribution in [3.05, 3.63) is 41.1 Å². The smallest absolute Gasteiger partial charge is 0.406 e. The molecule has 1 N–H and O–H groups in total. The van der Waals surface area contributed by atoms with Gasteiger partial charge in [-0.25, -0.2) is 0 Å². The lowest BCUT2D eigenvalue weighted by molar-refractivity contribution is -0.274. The highest BCUT2D eigenvalue weighted by Gasteiger charge is 2.30. The van der Waals surface area contributed by atoms with Gasteiger partial charge in [-0.1, -0.05) is 18.1 Å². The molecule has 2 aromatic rings. The number of amides is 1. The molecule has 0 bridgehead atoms. The number of hydrogen-bond donors (Lipinski definition) is 1. The molecular weight excluding hydrogens is 329 g/mol. The minimum absolute atomic E-state index is 0.00669. The predicted octanol–water partition coefficient (Wildman–Crippen LogP) is 3.51. The molecule has 0 saturated heterocycles. The lowest BCUT2D eigenvalue weighted by Crippen LogP contribution is -2.17. The summed E-state index contributed by atoms with van der Waals surface area (Å²) < 4.78 is 44.0. The molecule has 1 amide bonds. The fourth-order valence-corrected chi connectivity index (χ4v) is 2.57. The van der Waals surface area contributed by atoms with E-state index in [1.807, 2.05) is 0 Å². The van der Waals surface area contributed by atoms with Crippen LogP contribution in [-0.2, 0) is 11.2 Å². The summed E-state index contributed by atoms with van der Waals surface area (Å²) in [4.78, 5) is 12.0. The number of aryl methyl sites for hydroxylation is 1. The highest BCUT2D eigenvalue weighted by Crippen LogP contribution is 2.24. The van der Waals surface area contributed by atoms with Gasteiger partial charge in [0.15, 0.2) is 0 Å². The first-order chi connectivity index (χ1) is 10.8. The molecule has 1 aromatic heterocycles. The topological polar surface area (TPSA) is 51.2 Å². The lowest BCUT2D eigenvalue weighted by Gasteiger charge is -2.09. The number of ether oxygens (including phenoxy) is 1. The van der Waals surface area contributed by atoms with Crippen LogP contribution in [0.25, 0.3) is 0 Å². The third-order valence-corrected chi connectivity index (χ3v) is 3.64. The third-order valence-electron chi connectivity index (χ3n) is 2.78. The monoisotopic (exact) mass is 340 g/mol. The van der Waals surface area contributed by atoms with Gasteiger partial charge in [0.05, 0.1) is 17.7 Å². The van der Waals surface area contributed by atoms with Crippen LogP contribution in [-0.4, -0.2) is 16.6 Å². The zero-order chi connectivity index (χ0) is 17.0. The number of rotatable bonds is 4. The summed E-state index contributed by atoms with van der Waals surface area (Å²) >= 11 is 1.08. The van der Waals surface area contributed by atoms with E-state index in [0.29, 0.717) is 21.8 Å². The van der Waals surface area contributed by atoms with Crippen LogP contribution >= 0.6 is 11.5 Å². The normalized spacial score (nSPS) is 10.9. The number of hydrogen-bond acceptors (Lipinski definition) is 4. The predicted molar refractivity (Wildman–Crippen MR) is 80.2 cm³/mol. The fourth-order valence-electron chi connectivity index (χ4n) is 1.79. The second-order valence-corrected chi connectivity index (χ2v) is 5.31. The van der Waals surface area contributed by atoms with Crippen LogP contribution in [0.5, 0.6) is 5.75 Å². The van der Waals surface area contributed by atoms with Gasteiger partial charge in [0.2, 0.25) is 5.91 Å². The maximum Gasteiger partial charge on any atom is 0.573 e. The van der Waals surface area contributed by atoms with Gasteiger partial charge in [0.1, 0.15) is 10.8 Å². The summed E-state index contributed by atoms with van der Waals surface area (Å²) in [7, 11) is 0. The number of nitrogens with one attached hydrogen (secondary N) is 1. The number of terminal acetylenes is 1. The quantitative estimate of drug-likeness (QED) is 0.867. The maximum absolute atomic E-state index is 12.1. The van der Waals surface area contributed by atoms with E-state index in [1.54, 1.807) is 6.92 Å². The zero-order valence-electron chi connectivity index (χ0n) is 11.9. The van der Waals surface area contributed by atoms with Crippen LogP contribution < -0.4 is 10.1 Å². The number of aromatic nitrogens is 1. The molecule has 0 saturated carbocycles. The minimum Gasteiger partial charge on any atom is -0.406 e.